The van der Waals surface area contributed by atoms with Gasteiger partial charge in [0, 0.05) is 29.4 Å². The number of thiophene rings is 1. The summed E-state index contributed by atoms with van der Waals surface area (Å²) in [4.78, 5) is 28.1. The van der Waals surface area contributed by atoms with Gasteiger partial charge in [-0.2, -0.15) is 0 Å². The van der Waals surface area contributed by atoms with E-state index in [0.717, 1.165) is 27.5 Å². The summed E-state index contributed by atoms with van der Waals surface area (Å²) in [6.07, 6.45) is -0.309. The van der Waals surface area contributed by atoms with Crippen molar-refractivity contribution in [3.8, 4) is 16.9 Å². The second-order valence-electron chi connectivity index (χ2n) is 7.24. The Labute approximate surface area is 187 Å². The third-order valence-electron chi connectivity index (χ3n) is 5.58. The second-order valence-corrected chi connectivity index (χ2v) is 8.57. The predicted molar refractivity (Wildman–Crippen MR) is 126 cm³/mol. The maximum absolute atomic E-state index is 12.5. The Balaban J connectivity index is 1.96. The predicted octanol–water partition coefficient (Wildman–Crippen LogP) is 6.13. The molecule has 8 heteroatoms. The van der Waals surface area contributed by atoms with Crippen LogP contribution < -0.4 is 10.3 Å². The van der Waals surface area contributed by atoms with Crippen LogP contribution in [0.5, 0.6) is 5.75 Å². The highest BCUT2D eigenvalue weighted by Crippen LogP contribution is 2.43. The molecule has 1 amide bonds. The van der Waals surface area contributed by atoms with Gasteiger partial charge in [-0.3, -0.25) is 4.79 Å². The first-order chi connectivity index (χ1) is 14.9. The van der Waals surface area contributed by atoms with Gasteiger partial charge < -0.3 is 19.7 Å². The van der Waals surface area contributed by atoms with Gasteiger partial charge >= 0.3 is 6.09 Å². The lowest BCUT2D eigenvalue weighted by Gasteiger charge is -2.25. The molecule has 0 fully saturated rings. The molecule has 0 saturated carbocycles. The van der Waals surface area contributed by atoms with Gasteiger partial charge in [0.05, 0.1) is 23.7 Å². The van der Waals surface area contributed by atoms with Crippen LogP contribution in [-0.2, 0) is 0 Å². The fraction of sp³-hybridized carbons (Fsp3) is 0.217. The second kappa shape index (κ2) is 8.24. The number of aromatic amines is 1. The van der Waals surface area contributed by atoms with Gasteiger partial charge in [-0.25, -0.2) is 4.79 Å². The number of pyridine rings is 1. The minimum Gasteiger partial charge on any atom is -0.496 e. The average Bonchev–Trinajstić information content (AvgIpc) is 3.26. The SMILES string of the molecule is CCC(c1ccc(-c2c(OC)cc(Cl)c3[nH]c(=O)c4sccc4c23)cc1)N(C)C(=O)O. The van der Waals surface area contributed by atoms with Crippen LogP contribution in [0.1, 0.15) is 24.9 Å². The fourth-order valence-corrected chi connectivity index (χ4v) is 5.09. The summed E-state index contributed by atoms with van der Waals surface area (Å²) in [5.74, 6) is 0.597. The van der Waals surface area contributed by atoms with E-state index in [9.17, 15) is 14.7 Å². The average molecular weight is 457 g/mol. The standard InChI is InChI=1S/C23H21ClN2O4S/c1-4-16(26(2)23(28)29)12-5-7-13(8-6-12)18-17(30-3)11-15(24)20-19(18)14-9-10-31-21(14)22(27)25-20/h5-11,16H,4H2,1-3H3,(H,25,27)(H,28,29). The van der Waals surface area contributed by atoms with Crippen molar-refractivity contribution in [1.29, 1.82) is 0 Å². The number of aromatic nitrogens is 1. The number of hydrogen-bond acceptors (Lipinski definition) is 4. The highest BCUT2D eigenvalue weighted by atomic mass is 35.5. The fourth-order valence-electron chi connectivity index (χ4n) is 4.06. The smallest absolute Gasteiger partial charge is 0.407 e. The Morgan fingerprint density at radius 1 is 1.29 bits per heavy atom. The van der Waals surface area contributed by atoms with Gasteiger partial charge in [-0.05, 0) is 29.0 Å². The molecular weight excluding hydrogens is 436 g/mol. The van der Waals surface area contributed by atoms with E-state index < -0.39 is 6.09 Å². The minimum atomic E-state index is -0.968. The maximum Gasteiger partial charge on any atom is 0.407 e. The highest BCUT2D eigenvalue weighted by molar-refractivity contribution is 7.17. The number of hydrogen-bond donors (Lipinski definition) is 2. The van der Waals surface area contributed by atoms with Gasteiger partial charge in [0.2, 0.25) is 0 Å². The van der Waals surface area contributed by atoms with Crippen molar-refractivity contribution < 1.29 is 14.6 Å². The van der Waals surface area contributed by atoms with Crippen LogP contribution in [0.4, 0.5) is 4.79 Å². The van der Waals surface area contributed by atoms with Crippen molar-refractivity contribution in [2.24, 2.45) is 0 Å². The Hall–Kier alpha value is -3.03. The molecule has 1 atom stereocenters. The van der Waals surface area contributed by atoms with Gasteiger partial charge in [0.25, 0.3) is 5.56 Å². The van der Waals surface area contributed by atoms with Crippen LogP contribution >= 0.6 is 22.9 Å². The molecule has 4 aromatic rings. The largest absolute Gasteiger partial charge is 0.496 e. The monoisotopic (exact) mass is 456 g/mol. The summed E-state index contributed by atoms with van der Waals surface area (Å²) in [7, 11) is 3.16. The number of nitrogens with one attached hydrogen (secondary N) is 1. The first-order valence-electron chi connectivity index (χ1n) is 9.73. The van der Waals surface area contributed by atoms with E-state index in [2.05, 4.69) is 4.98 Å². The maximum atomic E-state index is 12.5. The third-order valence-corrected chi connectivity index (χ3v) is 6.79. The number of benzene rings is 2. The summed E-state index contributed by atoms with van der Waals surface area (Å²) in [6, 6.07) is 11.1. The van der Waals surface area contributed by atoms with E-state index in [4.69, 9.17) is 16.3 Å². The number of nitrogens with zero attached hydrogens (tertiary/aromatic N) is 1. The quantitative estimate of drug-likeness (QED) is 0.378. The minimum absolute atomic E-state index is 0.173. The van der Waals surface area contributed by atoms with Crippen LogP contribution in [0.2, 0.25) is 5.02 Å². The molecule has 2 heterocycles. The molecule has 0 radical (unpaired) electrons. The number of halogens is 1. The lowest BCUT2D eigenvalue weighted by molar-refractivity contribution is 0.137. The van der Waals surface area contributed by atoms with Crippen LogP contribution in [0.25, 0.3) is 32.1 Å². The van der Waals surface area contributed by atoms with E-state index in [-0.39, 0.29) is 11.6 Å². The number of ether oxygens (including phenoxy) is 1. The molecule has 0 aliphatic carbocycles. The topological polar surface area (TPSA) is 82.6 Å². The number of rotatable bonds is 5. The Kier molecular flexibility index (Phi) is 5.64. The number of fused-ring (bicyclic) bond motifs is 3. The molecule has 31 heavy (non-hydrogen) atoms. The Bertz CT molecular complexity index is 1340. The third kappa shape index (κ3) is 3.54. The van der Waals surface area contributed by atoms with Crippen molar-refractivity contribution in [1.82, 2.24) is 9.88 Å². The van der Waals surface area contributed by atoms with Crippen LogP contribution in [-0.4, -0.2) is 35.2 Å². The van der Waals surface area contributed by atoms with Crippen molar-refractivity contribution >= 4 is 50.0 Å². The molecule has 0 saturated heterocycles. The molecular formula is C23H21ClN2O4S. The summed E-state index contributed by atoms with van der Waals surface area (Å²) in [5, 5.41) is 13.3. The molecule has 160 valence electrons. The van der Waals surface area contributed by atoms with E-state index in [0.29, 0.717) is 27.4 Å². The molecule has 0 aliphatic rings. The number of amides is 1. The van der Waals surface area contributed by atoms with Crippen LogP contribution in [0, 0.1) is 0 Å². The molecule has 2 N–H and O–H groups in total. The Morgan fingerprint density at radius 3 is 2.61 bits per heavy atom. The lowest BCUT2D eigenvalue weighted by Crippen LogP contribution is -2.29. The number of H-pyrrole nitrogens is 1. The molecule has 1 unspecified atom stereocenters. The molecule has 0 aliphatic heterocycles. The number of methoxy groups -OCH3 is 1. The summed E-state index contributed by atoms with van der Waals surface area (Å²) in [5.41, 5.74) is 3.01. The van der Waals surface area contributed by atoms with Gasteiger partial charge in [0.1, 0.15) is 10.4 Å². The zero-order valence-electron chi connectivity index (χ0n) is 17.2. The van der Waals surface area contributed by atoms with E-state index in [1.54, 1.807) is 20.2 Å². The summed E-state index contributed by atoms with van der Waals surface area (Å²) < 4.78 is 6.28. The van der Waals surface area contributed by atoms with Gasteiger partial charge in [0.15, 0.2) is 0 Å². The first kappa shape index (κ1) is 21.2. The molecule has 4 rings (SSSR count). The Morgan fingerprint density at radius 2 is 2.00 bits per heavy atom. The zero-order valence-corrected chi connectivity index (χ0v) is 18.8. The molecule has 0 spiro atoms. The van der Waals surface area contributed by atoms with Crippen LogP contribution in [0.15, 0.2) is 46.6 Å². The number of carbonyl (C=O) groups is 1. The highest BCUT2D eigenvalue weighted by Gasteiger charge is 2.21. The van der Waals surface area contributed by atoms with Crippen molar-refractivity contribution in [2.75, 3.05) is 14.2 Å². The van der Waals surface area contributed by atoms with E-state index in [1.807, 2.05) is 42.6 Å². The summed E-state index contributed by atoms with van der Waals surface area (Å²) >= 11 is 7.86. The van der Waals surface area contributed by atoms with Gasteiger partial charge in [-0.15, -0.1) is 11.3 Å². The van der Waals surface area contributed by atoms with E-state index in [1.165, 1.54) is 16.2 Å². The lowest BCUT2D eigenvalue weighted by atomic mass is 9.94. The number of carboxylic acid groups (broad SMARTS) is 1. The summed E-state index contributed by atoms with van der Waals surface area (Å²) in [6.45, 7) is 1.96. The molecule has 6 nitrogen and oxygen atoms in total. The molecule has 0 bridgehead atoms. The zero-order chi connectivity index (χ0) is 22.3. The van der Waals surface area contributed by atoms with E-state index >= 15 is 0 Å². The van der Waals surface area contributed by atoms with Crippen molar-refractivity contribution in [2.45, 2.75) is 19.4 Å². The molecule has 2 aromatic heterocycles. The van der Waals surface area contributed by atoms with Crippen LogP contribution in [0.3, 0.4) is 0 Å². The first-order valence-corrected chi connectivity index (χ1v) is 11.0. The van der Waals surface area contributed by atoms with Crippen molar-refractivity contribution in [3.05, 3.63) is 62.7 Å². The molecule has 2 aromatic carbocycles. The van der Waals surface area contributed by atoms with Gasteiger partial charge in [-0.1, -0.05) is 42.8 Å². The van der Waals surface area contributed by atoms with Crippen molar-refractivity contribution in [3.63, 3.8) is 0 Å². The normalized spacial score (nSPS) is 12.3.